The molecule has 7 heteroatoms. The maximum atomic E-state index is 13.2. The quantitative estimate of drug-likeness (QED) is 0.646. The van der Waals surface area contributed by atoms with Gasteiger partial charge in [-0.15, -0.1) is 0 Å². The summed E-state index contributed by atoms with van der Waals surface area (Å²) in [5.41, 5.74) is 3.19. The van der Waals surface area contributed by atoms with Crippen LogP contribution in [0, 0.1) is 24.2 Å². The van der Waals surface area contributed by atoms with E-state index < -0.39 is 12.1 Å². The number of anilines is 1. The number of nitrogens with zero attached hydrogens (tertiary/aromatic N) is 4. The van der Waals surface area contributed by atoms with Crippen LogP contribution in [0.1, 0.15) is 24.0 Å². The minimum Gasteiger partial charge on any atom is -0.357 e. The van der Waals surface area contributed by atoms with Crippen LogP contribution in [-0.2, 0) is 0 Å². The summed E-state index contributed by atoms with van der Waals surface area (Å²) < 4.78 is 41.6. The number of halogens is 3. The number of aromatic nitrogens is 2. The Labute approximate surface area is 148 Å². The van der Waals surface area contributed by atoms with Gasteiger partial charge in [0.1, 0.15) is 11.9 Å². The zero-order chi connectivity index (χ0) is 18.5. The second kappa shape index (κ2) is 5.90. The van der Waals surface area contributed by atoms with Gasteiger partial charge < -0.3 is 4.90 Å². The smallest absolute Gasteiger partial charge is 0.357 e. The highest BCUT2D eigenvalue weighted by Crippen LogP contribution is 2.36. The third-order valence-corrected chi connectivity index (χ3v) is 5.07. The molecule has 1 atom stereocenters. The molecule has 0 radical (unpaired) electrons. The Bertz CT molecular complexity index is 1030. The Morgan fingerprint density at radius 1 is 1.27 bits per heavy atom. The number of imidazole rings is 1. The molecule has 0 aliphatic carbocycles. The number of hydrogen-bond acceptors (Lipinski definition) is 3. The van der Waals surface area contributed by atoms with E-state index in [-0.39, 0.29) is 13.0 Å². The van der Waals surface area contributed by atoms with Gasteiger partial charge in [-0.1, -0.05) is 12.1 Å². The number of fused-ring (bicyclic) bond motifs is 3. The van der Waals surface area contributed by atoms with E-state index in [1.165, 1.54) is 0 Å². The number of alkyl halides is 3. The fourth-order valence-corrected chi connectivity index (χ4v) is 3.76. The number of aryl methyl sites for hydroxylation is 1. The van der Waals surface area contributed by atoms with Crippen LogP contribution < -0.4 is 4.90 Å². The van der Waals surface area contributed by atoms with Crippen molar-refractivity contribution in [2.75, 3.05) is 18.0 Å². The maximum absolute atomic E-state index is 13.2. The molecule has 2 aromatic heterocycles. The van der Waals surface area contributed by atoms with Crippen LogP contribution in [0.3, 0.4) is 0 Å². The van der Waals surface area contributed by atoms with Crippen molar-refractivity contribution in [3.63, 3.8) is 0 Å². The molecule has 4 rings (SSSR count). The molecule has 0 spiro atoms. The van der Waals surface area contributed by atoms with Crippen LogP contribution in [0.5, 0.6) is 0 Å². The molecular weight excluding hydrogens is 341 g/mol. The fourth-order valence-electron chi connectivity index (χ4n) is 3.76. The first-order chi connectivity index (χ1) is 12.4. The Morgan fingerprint density at radius 3 is 2.77 bits per heavy atom. The van der Waals surface area contributed by atoms with Crippen molar-refractivity contribution >= 4 is 22.5 Å². The van der Waals surface area contributed by atoms with Crippen molar-refractivity contribution < 1.29 is 13.2 Å². The molecule has 1 aliphatic rings. The van der Waals surface area contributed by atoms with Crippen molar-refractivity contribution in [1.82, 2.24) is 9.38 Å². The number of piperidine rings is 1. The predicted octanol–water partition coefficient (Wildman–Crippen LogP) is 4.45. The zero-order valence-electron chi connectivity index (χ0n) is 14.2. The fraction of sp³-hybridized carbons (Fsp3) is 0.368. The summed E-state index contributed by atoms with van der Waals surface area (Å²) in [6, 6.07) is 11.4. The molecule has 3 aromatic rings. The minimum atomic E-state index is -4.20. The van der Waals surface area contributed by atoms with Gasteiger partial charge in [0.25, 0.3) is 0 Å². The predicted molar refractivity (Wildman–Crippen MR) is 93.1 cm³/mol. The molecule has 26 heavy (non-hydrogen) atoms. The van der Waals surface area contributed by atoms with Crippen LogP contribution >= 0.6 is 0 Å². The second-order valence-electron chi connectivity index (χ2n) is 6.76. The Kier molecular flexibility index (Phi) is 3.79. The van der Waals surface area contributed by atoms with E-state index in [2.05, 4.69) is 11.1 Å². The lowest BCUT2D eigenvalue weighted by molar-refractivity contribution is -0.176. The van der Waals surface area contributed by atoms with E-state index in [0.717, 1.165) is 16.6 Å². The van der Waals surface area contributed by atoms with Crippen molar-refractivity contribution in [1.29, 1.82) is 5.26 Å². The third-order valence-electron chi connectivity index (χ3n) is 5.07. The van der Waals surface area contributed by atoms with E-state index in [1.807, 2.05) is 28.7 Å². The highest BCUT2D eigenvalue weighted by Gasteiger charge is 2.42. The summed E-state index contributed by atoms with van der Waals surface area (Å²) in [7, 11) is 0. The minimum absolute atomic E-state index is 0.0730. The lowest BCUT2D eigenvalue weighted by Gasteiger charge is -2.35. The molecule has 1 saturated heterocycles. The van der Waals surface area contributed by atoms with Gasteiger partial charge in [-0.05, 0) is 43.5 Å². The number of pyridine rings is 1. The summed E-state index contributed by atoms with van der Waals surface area (Å²) in [4.78, 5) is 6.34. The number of benzene rings is 1. The van der Waals surface area contributed by atoms with E-state index in [4.69, 9.17) is 0 Å². The molecule has 0 bridgehead atoms. The Hall–Kier alpha value is -2.75. The average molecular weight is 358 g/mol. The van der Waals surface area contributed by atoms with Crippen molar-refractivity contribution in [2.24, 2.45) is 5.92 Å². The first kappa shape index (κ1) is 16.7. The molecule has 3 heterocycles. The molecule has 0 unspecified atom stereocenters. The normalized spacial score (nSPS) is 18.4. The maximum Gasteiger partial charge on any atom is 0.393 e. The van der Waals surface area contributed by atoms with E-state index in [1.54, 1.807) is 17.9 Å². The van der Waals surface area contributed by atoms with Crippen molar-refractivity contribution in [3.8, 4) is 6.07 Å². The highest BCUT2D eigenvalue weighted by molar-refractivity contribution is 5.85. The largest absolute Gasteiger partial charge is 0.393 e. The van der Waals surface area contributed by atoms with Crippen LogP contribution in [0.25, 0.3) is 16.7 Å². The van der Waals surface area contributed by atoms with Gasteiger partial charge in [0.05, 0.1) is 22.5 Å². The molecule has 134 valence electrons. The molecule has 0 N–H and O–H groups in total. The van der Waals surface area contributed by atoms with Gasteiger partial charge in [-0.3, -0.25) is 4.40 Å². The van der Waals surface area contributed by atoms with Crippen molar-refractivity contribution in [3.05, 3.63) is 41.5 Å². The topological polar surface area (TPSA) is 44.3 Å². The van der Waals surface area contributed by atoms with Crippen molar-refractivity contribution in [2.45, 2.75) is 25.9 Å². The van der Waals surface area contributed by atoms with Crippen LogP contribution in [-0.4, -0.2) is 28.7 Å². The van der Waals surface area contributed by atoms with Gasteiger partial charge in [0, 0.05) is 13.1 Å². The average Bonchev–Trinajstić information content (AvgIpc) is 2.99. The zero-order valence-corrected chi connectivity index (χ0v) is 14.2. The highest BCUT2D eigenvalue weighted by atomic mass is 19.4. The summed E-state index contributed by atoms with van der Waals surface area (Å²) >= 11 is 0. The van der Waals surface area contributed by atoms with E-state index >= 15 is 0 Å². The van der Waals surface area contributed by atoms with Crippen LogP contribution in [0.2, 0.25) is 0 Å². The first-order valence-corrected chi connectivity index (χ1v) is 8.52. The number of para-hydroxylation sites is 2. The molecule has 1 aliphatic heterocycles. The first-order valence-electron chi connectivity index (χ1n) is 8.52. The number of rotatable bonds is 1. The SMILES string of the molecule is Cc1cc(N2CCC[C@@H](C(F)(F)F)C2)n2c(nc3ccccc32)c1C#N. The molecule has 0 amide bonds. The third kappa shape index (κ3) is 2.57. The van der Waals surface area contributed by atoms with Gasteiger partial charge in [-0.25, -0.2) is 4.98 Å². The Balaban J connectivity index is 1.94. The molecule has 1 fully saturated rings. The summed E-state index contributed by atoms with van der Waals surface area (Å²) in [5.74, 6) is -0.670. The van der Waals surface area contributed by atoms with E-state index in [9.17, 15) is 18.4 Å². The summed E-state index contributed by atoms with van der Waals surface area (Å²) in [6.45, 7) is 2.28. The molecule has 0 saturated carbocycles. The lowest BCUT2D eigenvalue weighted by atomic mass is 9.97. The monoisotopic (exact) mass is 358 g/mol. The standard InChI is InChI=1S/C19H17F3N4/c1-12-9-17(25-8-4-5-13(11-25)19(20,21)22)26-16-7-3-2-6-15(16)24-18(26)14(12)10-23/h2-3,6-7,9,13H,4-5,8,11H2,1H3/t13-/m1/s1. The molecule has 4 nitrogen and oxygen atoms in total. The van der Waals surface area contributed by atoms with Crippen LogP contribution in [0.4, 0.5) is 19.0 Å². The molecule has 1 aromatic carbocycles. The van der Waals surface area contributed by atoms with Crippen LogP contribution in [0.15, 0.2) is 30.3 Å². The van der Waals surface area contributed by atoms with Gasteiger partial charge in [-0.2, -0.15) is 18.4 Å². The van der Waals surface area contributed by atoms with Gasteiger partial charge >= 0.3 is 6.18 Å². The number of nitriles is 1. The number of hydrogen-bond donors (Lipinski definition) is 0. The van der Waals surface area contributed by atoms with Gasteiger partial charge in [0.2, 0.25) is 0 Å². The summed E-state index contributed by atoms with van der Waals surface area (Å²) in [5, 5.41) is 9.53. The van der Waals surface area contributed by atoms with Gasteiger partial charge in [0.15, 0.2) is 5.65 Å². The lowest BCUT2D eigenvalue weighted by Crippen LogP contribution is -2.42. The van der Waals surface area contributed by atoms with E-state index in [0.29, 0.717) is 30.0 Å². The molecular formula is C19H17F3N4. The Morgan fingerprint density at radius 2 is 2.04 bits per heavy atom. The second-order valence-corrected chi connectivity index (χ2v) is 6.76. The summed E-state index contributed by atoms with van der Waals surface area (Å²) in [6.07, 6.45) is -3.56.